The summed E-state index contributed by atoms with van der Waals surface area (Å²) >= 11 is 0. The van der Waals surface area contributed by atoms with Gasteiger partial charge in [-0.1, -0.05) is 25.9 Å². The van der Waals surface area contributed by atoms with E-state index in [-0.39, 0.29) is 5.92 Å². The first kappa shape index (κ1) is 16.1. The summed E-state index contributed by atoms with van der Waals surface area (Å²) in [5, 5.41) is 7.39. The minimum atomic E-state index is -0.428. The van der Waals surface area contributed by atoms with Gasteiger partial charge in [-0.25, -0.2) is 0 Å². The smallest absolute Gasteiger partial charge is 0.231 e. The summed E-state index contributed by atoms with van der Waals surface area (Å²) in [6.07, 6.45) is 2.62. The number of ether oxygens (including phenoxy) is 1. The third-order valence-electron chi connectivity index (χ3n) is 4.20. The first-order valence-electron chi connectivity index (χ1n) is 7.14. The molecule has 0 aliphatic rings. The van der Waals surface area contributed by atoms with Crippen molar-refractivity contribution in [1.29, 1.82) is 0 Å². The van der Waals surface area contributed by atoms with Crippen LogP contribution in [0, 0.1) is 0 Å². The lowest BCUT2D eigenvalue weighted by Gasteiger charge is -2.26. The number of rotatable bonds is 8. The van der Waals surface area contributed by atoms with E-state index in [0.29, 0.717) is 17.8 Å². The van der Waals surface area contributed by atoms with E-state index in [2.05, 4.69) is 43.2 Å². The SMILES string of the molecule is CCC(c1nc(C(CC)(CC)OC)no1)C(C)NC. The number of hydrogen-bond acceptors (Lipinski definition) is 5. The molecule has 2 atom stereocenters. The number of nitrogens with zero attached hydrogens (tertiary/aromatic N) is 2. The minimum Gasteiger partial charge on any atom is -0.370 e. The Hall–Kier alpha value is -0.940. The molecule has 110 valence electrons. The van der Waals surface area contributed by atoms with Gasteiger partial charge in [-0.3, -0.25) is 0 Å². The van der Waals surface area contributed by atoms with Crippen molar-refractivity contribution >= 4 is 0 Å². The number of likely N-dealkylation sites (N-methyl/N-ethyl adjacent to an activating group) is 1. The highest BCUT2D eigenvalue weighted by Gasteiger charge is 2.35. The Bertz CT molecular complexity index is 366. The van der Waals surface area contributed by atoms with E-state index in [1.54, 1.807) is 7.11 Å². The van der Waals surface area contributed by atoms with Crippen molar-refractivity contribution in [3.8, 4) is 0 Å². The predicted octanol–water partition coefficient (Wildman–Crippen LogP) is 2.83. The monoisotopic (exact) mass is 269 g/mol. The standard InChI is InChI=1S/C14H27N3O2/c1-7-11(10(4)15-5)12-16-13(17-19-12)14(8-2,9-3)18-6/h10-11,15H,7-9H2,1-6H3. The molecule has 0 saturated heterocycles. The van der Waals surface area contributed by atoms with Crippen molar-refractivity contribution in [3.05, 3.63) is 11.7 Å². The minimum absolute atomic E-state index is 0.231. The lowest BCUT2D eigenvalue weighted by molar-refractivity contribution is -0.0306. The molecule has 1 aromatic rings. The average molecular weight is 269 g/mol. The molecular weight excluding hydrogens is 242 g/mol. The second kappa shape index (κ2) is 7.01. The summed E-state index contributed by atoms with van der Waals surface area (Å²) < 4.78 is 11.1. The second-order valence-electron chi connectivity index (χ2n) is 4.95. The molecule has 0 aromatic carbocycles. The highest BCUT2D eigenvalue weighted by Crippen LogP contribution is 2.32. The van der Waals surface area contributed by atoms with E-state index in [0.717, 1.165) is 19.3 Å². The summed E-state index contributed by atoms with van der Waals surface area (Å²) in [4.78, 5) is 4.59. The van der Waals surface area contributed by atoms with Crippen molar-refractivity contribution < 1.29 is 9.26 Å². The molecule has 0 saturated carbocycles. The lowest BCUT2D eigenvalue weighted by Crippen LogP contribution is -2.30. The fourth-order valence-corrected chi connectivity index (χ4v) is 2.46. The van der Waals surface area contributed by atoms with Crippen LogP contribution in [0.2, 0.25) is 0 Å². The molecule has 5 nitrogen and oxygen atoms in total. The van der Waals surface area contributed by atoms with Crippen LogP contribution in [0.5, 0.6) is 0 Å². The quantitative estimate of drug-likeness (QED) is 0.786. The van der Waals surface area contributed by atoms with Crippen molar-refractivity contribution in [2.45, 2.75) is 64.5 Å². The largest absolute Gasteiger partial charge is 0.370 e. The molecule has 1 aromatic heterocycles. The third kappa shape index (κ3) is 3.15. The van der Waals surface area contributed by atoms with E-state index in [1.165, 1.54) is 0 Å². The van der Waals surface area contributed by atoms with Crippen molar-refractivity contribution in [3.63, 3.8) is 0 Å². The summed E-state index contributed by atoms with van der Waals surface area (Å²) in [7, 11) is 3.65. The molecule has 2 unspecified atom stereocenters. The van der Waals surface area contributed by atoms with E-state index in [4.69, 9.17) is 9.26 Å². The maximum absolute atomic E-state index is 5.64. The number of aromatic nitrogens is 2. The van der Waals surface area contributed by atoms with Gasteiger partial charge in [0.1, 0.15) is 5.60 Å². The van der Waals surface area contributed by atoms with Crippen LogP contribution in [-0.2, 0) is 10.3 Å². The van der Waals surface area contributed by atoms with Gasteiger partial charge in [0, 0.05) is 13.2 Å². The molecule has 0 radical (unpaired) electrons. The zero-order chi connectivity index (χ0) is 14.5. The van der Waals surface area contributed by atoms with E-state index < -0.39 is 5.60 Å². The van der Waals surface area contributed by atoms with E-state index in [1.807, 2.05) is 7.05 Å². The Morgan fingerprint density at radius 2 is 1.95 bits per heavy atom. The zero-order valence-corrected chi connectivity index (χ0v) is 13.0. The van der Waals surface area contributed by atoms with Crippen LogP contribution in [0.3, 0.4) is 0 Å². The van der Waals surface area contributed by atoms with Gasteiger partial charge in [0.2, 0.25) is 11.7 Å². The van der Waals surface area contributed by atoms with Gasteiger partial charge in [-0.05, 0) is 33.2 Å². The molecule has 1 heterocycles. The van der Waals surface area contributed by atoms with Gasteiger partial charge in [-0.2, -0.15) is 4.98 Å². The van der Waals surface area contributed by atoms with Crippen molar-refractivity contribution in [2.24, 2.45) is 0 Å². The number of nitrogens with one attached hydrogen (secondary N) is 1. The molecule has 19 heavy (non-hydrogen) atoms. The van der Waals surface area contributed by atoms with Crippen LogP contribution in [0.25, 0.3) is 0 Å². The predicted molar refractivity (Wildman–Crippen MR) is 75.1 cm³/mol. The van der Waals surface area contributed by atoms with Crippen LogP contribution in [0.1, 0.15) is 64.6 Å². The Kier molecular flexibility index (Phi) is 5.94. The molecule has 0 aliphatic carbocycles. The number of hydrogen-bond donors (Lipinski definition) is 1. The molecule has 1 N–H and O–H groups in total. The summed E-state index contributed by atoms with van der Waals surface area (Å²) in [6, 6.07) is 0.304. The summed E-state index contributed by atoms with van der Waals surface area (Å²) in [5.74, 6) is 1.59. The third-order valence-corrected chi connectivity index (χ3v) is 4.20. The Labute approximate surface area is 116 Å². The molecule has 0 amide bonds. The van der Waals surface area contributed by atoms with Crippen LogP contribution in [0.15, 0.2) is 4.52 Å². The van der Waals surface area contributed by atoms with Crippen molar-refractivity contribution in [1.82, 2.24) is 15.5 Å². The van der Waals surface area contributed by atoms with Crippen LogP contribution in [-0.4, -0.2) is 30.3 Å². The first-order valence-corrected chi connectivity index (χ1v) is 7.14. The molecule has 0 spiro atoms. The van der Waals surface area contributed by atoms with Gasteiger partial charge in [0.15, 0.2) is 0 Å². The van der Waals surface area contributed by atoms with Gasteiger partial charge in [-0.15, -0.1) is 0 Å². The van der Waals surface area contributed by atoms with Crippen molar-refractivity contribution in [2.75, 3.05) is 14.2 Å². The van der Waals surface area contributed by atoms with E-state index in [9.17, 15) is 0 Å². The Morgan fingerprint density at radius 1 is 1.32 bits per heavy atom. The highest BCUT2D eigenvalue weighted by atomic mass is 16.5. The highest BCUT2D eigenvalue weighted by molar-refractivity contribution is 5.04. The molecule has 0 aliphatic heterocycles. The molecule has 0 bridgehead atoms. The lowest BCUT2D eigenvalue weighted by atomic mass is 9.95. The summed E-state index contributed by atoms with van der Waals surface area (Å²) in [5.41, 5.74) is -0.428. The fraction of sp³-hybridized carbons (Fsp3) is 0.857. The van der Waals surface area contributed by atoms with E-state index >= 15 is 0 Å². The molecule has 5 heteroatoms. The zero-order valence-electron chi connectivity index (χ0n) is 13.0. The Balaban J connectivity index is 3.04. The van der Waals surface area contributed by atoms with Crippen LogP contribution in [0.4, 0.5) is 0 Å². The van der Waals surface area contributed by atoms with Gasteiger partial charge < -0.3 is 14.6 Å². The van der Waals surface area contributed by atoms with Crippen LogP contribution >= 0.6 is 0 Å². The molecular formula is C14H27N3O2. The molecule has 1 rings (SSSR count). The van der Waals surface area contributed by atoms with Gasteiger partial charge in [0.05, 0.1) is 5.92 Å². The Morgan fingerprint density at radius 3 is 2.37 bits per heavy atom. The topological polar surface area (TPSA) is 60.2 Å². The number of methoxy groups -OCH3 is 1. The van der Waals surface area contributed by atoms with Gasteiger partial charge >= 0.3 is 0 Å². The maximum Gasteiger partial charge on any atom is 0.231 e. The second-order valence-corrected chi connectivity index (χ2v) is 4.95. The molecule has 0 fully saturated rings. The fourth-order valence-electron chi connectivity index (χ4n) is 2.46. The maximum atomic E-state index is 5.64. The average Bonchev–Trinajstić information content (AvgIpc) is 2.92. The first-order chi connectivity index (χ1) is 9.08. The normalized spacial score (nSPS) is 15.5. The summed E-state index contributed by atoms with van der Waals surface area (Å²) in [6.45, 7) is 8.42. The van der Waals surface area contributed by atoms with Crippen LogP contribution < -0.4 is 5.32 Å². The van der Waals surface area contributed by atoms with Gasteiger partial charge in [0.25, 0.3) is 0 Å².